The molecule has 0 saturated heterocycles. The maximum Gasteiger partial charge on any atom is 0.405 e. The fraction of sp³-hybridized carbons (Fsp3) is 0.227. The highest BCUT2D eigenvalue weighted by Crippen LogP contribution is 2.38. The fourth-order valence-corrected chi connectivity index (χ4v) is 4.00. The second kappa shape index (κ2) is 10.2. The van der Waals surface area contributed by atoms with Crippen LogP contribution in [0.15, 0.2) is 49.1 Å². The van der Waals surface area contributed by atoms with Crippen LogP contribution in [0.3, 0.4) is 0 Å². The number of fused-ring (bicyclic) bond motifs is 1. The lowest BCUT2D eigenvalue weighted by Gasteiger charge is -2.28. The molecule has 196 valence electrons. The average molecular weight is 530 g/mol. The SMILES string of the molecule is BC(B)(B)Oc1cc(-c2cnc3cc(-c4cnn(C)c4)ccn23)cc(OC(B)(B)B)c1C(=O)NCC(F)(F)F. The molecule has 0 unspecified atom stereocenters. The number of benzene rings is 1. The zero-order chi connectivity index (χ0) is 28.8. The minimum atomic E-state index is -4.57. The Hall–Kier alpha value is -3.63. The van der Waals surface area contributed by atoms with Gasteiger partial charge in [-0.25, -0.2) is 4.98 Å². The van der Waals surface area contributed by atoms with Gasteiger partial charge in [0.05, 0.1) is 18.1 Å². The summed E-state index contributed by atoms with van der Waals surface area (Å²) in [5.74, 6) is -0.752. The number of carbonyl (C=O) groups excluding carboxylic acids is 1. The second-order valence-electron chi connectivity index (χ2n) is 11.3. The molecular weight excluding hydrogens is 504 g/mol. The van der Waals surface area contributed by atoms with E-state index in [0.717, 1.165) is 11.1 Å². The van der Waals surface area contributed by atoms with Crippen LogP contribution in [0, 0.1) is 0 Å². The van der Waals surface area contributed by atoms with Crippen LogP contribution in [0.25, 0.3) is 28.0 Å². The number of aryl methyl sites for hydroxylation is 1. The summed E-state index contributed by atoms with van der Waals surface area (Å²) in [5.41, 5.74) is 3.75. The Morgan fingerprint density at radius 3 is 2.08 bits per heavy atom. The molecule has 1 aromatic carbocycles. The Bertz CT molecular complexity index is 1490. The van der Waals surface area contributed by atoms with Gasteiger partial charge in [0.25, 0.3) is 5.91 Å². The van der Waals surface area contributed by atoms with Crippen LogP contribution in [0.5, 0.6) is 11.5 Å². The summed E-state index contributed by atoms with van der Waals surface area (Å²) < 4.78 is 54.6. The van der Waals surface area contributed by atoms with Crippen molar-refractivity contribution in [3.63, 3.8) is 0 Å². The molecule has 0 bridgehead atoms. The van der Waals surface area contributed by atoms with Crippen molar-refractivity contribution >= 4 is 58.6 Å². The molecule has 3 heterocycles. The number of nitrogens with one attached hydrogen (secondary N) is 1. The summed E-state index contributed by atoms with van der Waals surface area (Å²) in [5, 5.41) is 4.66. The summed E-state index contributed by atoms with van der Waals surface area (Å²) >= 11 is 0. The Morgan fingerprint density at radius 1 is 0.949 bits per heavy atom. The maximum absolute atomic E-state index is 13.1. The molecule has 0 fully saturated rings. The lowest BCUT2D eigenvalue weighted by molar-refractivity contribution is -0.123. The molecule has 8 nitrogen and oxygen atoms in total. The van der Waals surface area contributed by atoms with Crippen molar-refractivity contribution in [2.75, 3.05) is 6.54 Å². The van der Waals surface area contributed by atoms with Crippen molar-refractivity contribution in [1.29, 1.82) is 0 Å². The Labute approximate surface area is 229 Å². The summed E-state index contributed by atoms with van der Waals surface area (Å²) in [6.45, 7) is -1.48. The van der Waals surface area contributed by atoms with Crippen LogP contribution in [0.1, 0.15) is 10.4 Å². The van der Waals surface area contributed by atoms with Gasteiger partial charge in [-0.3, -0.25) is 13.9 Å². The number of halogens is 3. The minimum Gasteiger partial charge on any atom is -0.513 e. The smallest absolute Gasteiger partial charge is 0.405 e. The van der Waals surface area contributed by atoms with Gasteiger partial charge >= 0.3 is 6.18 Å². The first-order valence-corrected chi connectivity index (χ1v) is 12.4. The zero-order valence-corrected chi connectivity index (χ0v) is 23.0. The van der Waals surface area contributed by atoms with Crippen molar-refractivity contribution in [3.05, 3.63) is 54.6 Å². The first-order valence-electron chi connectivity index (χ1n) is 12.4. The molecule has 17 heteroatoms. The molecule has 0 aliphatic heterocycles. The Balaban J connectivity index is 1.86. The number of ether oxygens (including phenoxy) is 2. The topological polar surface area (TPSA) is 82.7 Å². The van der Waals surface area contributed by atoms with Crippen LogP contribution in [-0.2, 0) is 7.05 Å². The quantitative estimate of drug-likeness (QED) is 0.255. The summed E-state index contributed by atoms with van der Waals surface area (Å²) in [6.07, 6.45) is 2.66. The highest BCUT2D eigenvalue weighted by Gasteiger charge is 2.31. The second-order valence-corrected chi connectivity index (χ2v) is 11.3. The van der Waals surface area contributed by atoms with Gasteiger partial charge in [0.2, 0.25) is 0 Å². The molecule has 0 aliphatic carbocycles. The molecule has 0 saturated carbocycles. The van der Waals surface area contributed by atoms with Gasteiger partial charge in [-0.2, -0.15) is 18.3 Å². The van der Waals surface area contributed by atoms with Crippen molar-refractivity contribution in [2.45, 2.75) is 16.8 Å². The number of nitrogens with zero attached hydrogens (tertiary/aromatic N) is 4. The van der Waals surface area contributed by atoms with Crippen LogP contribution in [0.2, 0.25) is 0 Å². The Morgan fingerprint density at radius 2 is 1.56 bits per heavy atom. The molecule has 4 aromatic rings. The van der Waals surface area contributed by atoms with Gasteiger partial charge in [-0.15, -0.1) is 0 Å². The molecule has 1 amide bonds. The number of alkyl halides is 3. The average Bonchev–Trinajstić information content (AvgIpc) is 3.40. The van der Waals surface area contributed by atoms with Gasteiger partial charge < -0.3 is 14.8 Å². The predicted octanol–water partition coefficient (Wildman–Crippen LogP) is -2.53. The van der Waals surface area contributed by atoms with E-state index in [9.17, 15) is 18.0 Å². The van der Waals surface area contributed by atoms with Crippen LogP contribution in [-0.4, -0.2) is 95.5 Å². The van der Waals surface area contributed by atoms with Crippen LogP contribution >= 0.6 is 0 Å². The summed E-state index contributed by atoms with van der Waals surface area (Å²) in [4.78, 5) is 17.7. The van der Waals surface area contributed by atoms with E-state index < -0.39 is 29.2 Å². The lowest BCUT2D eigenvalue weighted by Crippen LogP contribution is -2.41. The highest BCUT2D eigenvalue weighted by atomic mass is 19.4. The van der Waals surface area contributed by atoms with E-state index in [1.807, 2.05) is 41.3 Å². The third kappa shape index (κ3) is 7.07. The zero-order valence-electron chi connectivity index (χ0n) is 23.0. The fourth-order valence-electron chi connectivity index (χ4n) is 4.00. The van der Waals surface area contributed by atoms with Crippen molar-refractivity contribution in [1.82, 2.24) is 24.5 Å². The number of aromatic nitrogens is 4. The van der Waals surface area contributed by atoms with E-state index in [0.29, 0.717) is 16.9 Å². The van der Waals surface area contributed by atoms with E-state index in [1.54, 1.807) is 76.3 Å². The molecule has 0 atom stereocenters. The first kappa shape index (κ1) is 28.4. The first-order chi connectivity index (χ1) is 18.0. The van der Waals surface area contributed by atoms with E-state index in [1.165, 1.54) is 0 Å². The van der Waals surface area contributed by atoms with E-state index in [4.69, 9.17) is 9.47 Å². The summed E-state index contributed by atoms with van der Waals surface area (Å²) in [7, 11) is 12.6. The number of hydrogen-bond acceptors (Lipinski definition) is 5. The third-order valence-corrected chi connectivity index (χ3v) is 5.42. The molecule has 0 radical (unpaired) electrons. The molecule has 3 aromatic heterocycles. The molecular formula is C22H26B6F3N5O3. The van der Waals surface area contributed by atoms with Gasteiger partial charge in [0.15, 0.2) is 0 Å². The number of pyridine rings is 1. The van der Waals surface area contributed by atoms with E-state index in [-0.39, 0.29) is 17.1 Å². The van der Waals surface area contributed by atoms with E-state index in [2.05, 4.69) is 10.1 Å². The maximum atomic E-state index is 13.1. The van der Waals surface area contributed by atoms with Gasteiger partial charge in [0.1, 0.15) is 76.3 Å². The number of hydrogen-bond donors (Lipinski definition) is 1. The van der Waals surface area contributed by atoms with Crippen molar-refractivity contribution < 1.29 is 27.4 Å². The number of imidazole rings is 1. The standard InChI is InChI=1S/C22H26B6F3N5O3/c1-35-9-13(7-34-35)11-2-3-36-14(8-32-17(36)6-11)12-4-15(38-21(23,24)25)18(16(5-12)39-22(26,27)28)19(37)33-10-20(29,30)31/h2-9H,10,23-28H2,1H3,(H,33,37). The lowest BCUT2D eigenvalue weighted by atomic mass is 9.52. The summed E-state index contributed by atoms with van der Waals surface area (Å²) in [6, 6.07) is 7.12. The van der Waals surface area contributed by atoms with Crippen LogP contribution in [0.4, 0.5) is 13.2 Å². The van der Waals surface area contributed by atoms with Crippen molar-refractivity contribution in [2.24, 2.45) is 7.05 Å². The number of rotatable bonds is 8. The molecule has 0 aliphatic rings. The Kier molecular flexibility index (Phi) is 7.39. The minimum absolute atomic E-state index is 0.0980. The van der Waals surface area contributed by atoms with Crippen LogP contribution < -0.4 is 14.8 Å². The van der Waals surface area contributed by atoms with E-state index >= 15 is 0 Å². The third-order valence-electron chi connectivity index (χ3n) is 5.42. The highest BCUT2D eigenvalue weighted by molar-refractivity contribution is 6.59. The predicted molar refractivity (Wildman–Crippen MR) is 159 cm³/mol. The normalized spacial score (nSPS) is 12.4. The van der Waals surface area contributed by atoms with Gasteiger partial charge in [0, 0.05) is 41.2 Å². The number of carbonyl (C=O) groups is 1. The van der Waals surface area contributed by atoms with Gasteiger partial charge in [-0.05, 0) is 29.8 Å². The molecule has 39 heavy (non-hydrogen) atoms. The number of amides is 1. The van der Waals surface area contributed by atoms with Crippen molar-refractivity contribution in [3.8, 4) is 33.9 Å². The monoisotopic (exact) mass is 531 g/mol. The largest absolute Gasteiger partial charge is 0.513 e. The molecule has 0 spiro atoms. The molecule has 4 rings (SSSR count). The van der Waals surface area contributed by atoms with Gasteiger partial charge in [-0.1, -0.05) is 0 Å². The molecule has 1 N–H and O–H groups in total.